The number of hydrogen-bond donors (Lipinski definition) is 2. The van der Waals surface area contributed by atoms with E-state index in [2.05, 4.69) is 20.4 Å². The Morgan fingerprint density at radius 1 is 1.10 bits per heavy atom. The molecule has 0 radical (unpaired) electrons. The molecule has 124 valence electrons. The highest BCUT2D eigenvalue weighted by molar-refractivity contribution is 5.79. The van der Waals surface area contributed by atoms with E-state index in [0.717, 1.165) is 38.2 Å². The van der Waals surface area contributed by atoms with Crippen LogP contribution in [0.25, 0.3) is 0 Å². The van der Waals surface area contributed by atoms with E-state index in [0.29, 0.717) is 13.0 Å². The Morgan fingerprint density at radius 3 is 2.33 bits per heavy atom. The highest BCUT2D eigenvalue weighted by Crippen LogP contribution is 2.05. The molecule has 0 heterocycles. The topological polar surface area (TPSA) is 72.0 Å². The molecular formula is C15H31N3O3. The highest BCUT2D eigenvalue weighted by Gasteiger charge is 2.16. The molecule has 0 aromatic rings. The second-order valence-electron chi connectivity index (χ2n) is 5.56. The van der Waals surface area contributed by atoms with Gasteiger partial charge in [-0.25, -0.2) is 0 Å². The van der Waals surface area contributed by atoms with Crippen LogP contribution in [0.2, 0.25) is 0 Å². The number of hydrogen-bond acceptors (Lipinski definition) is 4. The third-order valence-corrected chi connectivity index (χ3v) is 3.29. The molecule has 6 nitrogen and oxygen atoms in total. The molecule has 0 bridgehead atoms. The van der Waals surface area contributed by atoms with Gasteiger partial charge in [0, 0.05) is 33.7 Å². The summed E-state index contributed by atoms with van der Waals surface area (Å²) in [6, 6.07) is 0. The average molecular weight is 301 g/mol. The van der Waals surface area contributed by atoms with Crippen molar-refractivity contribution in [1.82, 2.24) is 10.6 Å². The van der Waals surface area contributed by atoms with Crippen LogP contribution in [0.3, 0.4) is 0 Å². The fraction of sp³-hybridized carbons (Fsp3) is 0.867. The fourth-order valence-electron chi connectivity index (χ4n) is 1.65. The Labute approximate surface area is 128 Å². The van der Waals surface area contributed by atoms with Crippen LogP contribution in [-0.2, 0) is 14.3 Å². The number of nitrogens with one attached hydrogen (secondary N) is 2. The Hall–Kier alpha value is -1.30. The van der Waals surface area contributed by atoms with Gasteiger partial charge < -0.3 is 20.1 Å². The van der Waals surface area contributed by atoms with Gasteiger partial charge in [-0.15, -0.1) is 0 Å². The zero-order valence-electron chi connectivity index (χ0n) is 14.1. The molecule has 0 aromatic heterocycles. The van der Waals surface area contributed by atoms with Crippen molar-refractivity contribution in [3.05, 3.63) is 0 Å². The SMILES string of the molecule is CN=C(NCCCCCCC(=O)OC)NCC(C)(C)OC. The number of aliphatic imine (C=N–C) groups is 1. The van der Waals surface area contributed by atoms with E-state index in [4.69, 9.17) is 4.74 Å². The van der Waals surface area contributed by atoms with Crippen molar-refractivity contribution in [2.75, 3.05) is 34.4 Å². The molecule has 21 heavy (non-hydrogen) atoms. The fourth-order valence-corrected chi connectivity index (χ4v) is 1.65. The summed E-state index contributed by atoms with van der Waals surface area (Å²) in [4.78, 5) is 15.1. The summed E-state index contributed by atoms with van der Waals surface area (Å²) in [5.74, 6) is 0.660. The quantitative estimate of drug-likeness (QED) is 0.278. The summed E-state index contributed by atoms with van der Waals surface area (Å²) in [6.07, 6.45) is 4.58. The van der Waals surface area contributed by atoms with Crippen LogP contribution in [0.4, 0.5) is 0 Å². The lowest BCUT2D eigenvalue weighted by Crippen LogP contribution is -2.45. The molecule has 0 unspecified atom stereocenters. The van der Waals surface area contributed by atoms with Crippen molar-refractivity contribution >= 4 is 11.9 Å². The number of ether oxygens (including phenoxy) is 2. The first kappa shape index (κ1) is 19.7. The standard InChI is InChI=1S/C15H31N3O3/c1-15(2,21-5)12-18-14(16-3)17-11-9-7-6-8-10-13(19)20-4/h6-12H2,1-5H3,(H2,16,17,18). The summed E-state index contributed by atoms with van der Waals surface area (Å²) in [6.45, 7) is 5.61. The molecule has 0 saturated carbocycles. The number of esters is 1. The van der Waals surface area contributed by atoms with Crippen LogP contribution in [0.5, 0.6) is 0 Å². The Balaban J connectivity index is 3.63. The van der Waals surface area contributed by atoms with Crippen LogP contribution in [0, 0.1) is 0 Å². The van der Waals surface area contributed by atoms with Crippen molar-refractivity contribution in [3.63, 3.8) is 0 Å². The molecular weight excluding hydrogens is 270 g/mol. The minimum atomic E-state index is -0.217. The Kier molecular flexibility index (Phi) is 10.7. The number of rotatable bonds is 10. The van der Waals surface area contributed by atoms with E-state index >= 15 is 0 Å². The smallest absolute Gasteiger partial charge is 0.305 e. The predicted molar refractivity (Wildman–Crippen MR) is 85.6 cm³/mol. The summed E-state index contributed by atoms with van der Waals surface area (Å²) in [5.41, 5.74) is -0.217. The summed E-state index contributed by atoms with van der Waals surface area (Å²) in [5, 5.41) is 6.51. The molecule has 0 aliphatic rings. The van der Waals surface area contributed by atoms with Gasteiger partial charge in [-0.3, -0.25) is 9.79 Å². The van der Waals surface area contributed by atoms with Gasteiger partial charge in [0.05, 0.1) is 12.7 Å². The first-order chi connectivity index (χ1) is 9.95. The summed E-state index contributed by atoms with van der Waals surface area (Å²) < 4.78 is 9.95. The predicted octanol–water partition coefficient (Wildman–Crippen LogP) is 1.70. The molecule has 0 spiro atoms. The van der Waals surface area contributed by atoms with E-state index < -0.39 is 0 Å². The lowest BCUT2D eigenvalue weighted by molar-refractivity contribution is -0.140. The van der Waals surface area contributed by atoms with Crippen molar-refractivity contribution in [3.8, 4) is 0 Å². The average Bonchev–Trinajstić information content (AvgIpc) is 2.48. The minimum absolute atomic E-state index is 0.126. The van der Waals surface area contributed by atoms with E-state index in [1.54, 1.807) is 14.2 Å². The second-order valence-corrected chi connectivity index (χ2v) is 5.56. The zero-order valence-corrected chi connectivity index (χ0v) is 14.1. The van der Waals surface area contributed by atoms with E-state index in [1.807, 2.05) is 13.8 Å². The van der Waals surface area contributed by atoms with Gasteiger partial charge in [-0.1, -0.05) is 12.8 Å². The molecule has 0 amide bonds. The number of methoxy groups -OCH3 is 2. The van der Waals surface area contributed by atoms with E-state index in [-0.39, 0.29) is 11.6 Å². The minimum Gasteiger partial charge on any atom is -0.469 e. The largest absolute Gasteiger partial charge is 0.469 e. The van der Waals surface area contributed by atoms with Crippen LogP contribution in [-0.4, -0.2) is 51.9 Å². The van der Waals surface area contributed by atoms with Crippen molar-refractivity contribution in [2.45, 2.75) is 51.6 Å². The van der Waals surface area contributed by atoms with E-state index in [1.165, 1.54) is 7.11 Å². The van der Waals surface area contributed by atoms with Gasteiger partial charge in [-0.2, -0.15) is 0 Å². The number of guanidine groups is 1. The van der Waals surface area contributed by atoms with Crippen LogP contribution in [0.15, 0.2) is 4.99 Å². The highest BCUT2D eigenvalue weighted by atomic mass is 16.5. The van der Waals surface area contributed by atoms with Crippen LogP contribution in [0.1, 0.15) is 46.0 Å². The first-order valence-electron chi connectivity index (χ1n) is 7.51. The van der Waals surface area contributed by atoms with Gasteiger partial charge in [0.15, 0.2) is 5.96 Å². The lowest BCUT2D eigenvalue weighted by Gasteiger charge is -2.24. The number of nitrogens with zero attached hydrogens (tertiary/aromatic N) is 1. The number of unbranched alkanes of at least 4 members (excludes halogenated alkanes) is 3. The van der Waals surface area contributed by atoms with Crippen molar-refractivity contribution in [1.29, 1.82) is 0 Å². The monoisotopic (exact) mass is 301 g/mol. The van der Waals surface area contributed by atoms with E-state index in [9.17, 15) is 4.79 Å². The van der Waals surface area contributed by atoms with Gasteiger partial charge in [0.1, 0.15) is 0 Å². The molecule has 0 aromatic carbocycles. The molecule has 0 aliphatic heterocycles. The lowest BCUT2D eigenvalue weighted by atomic mass is 10.1. The maximum atomic E-state index is 10.9. The Bertz CT molecular complexity index is 317. The van der Waals surface area contributed by atoms with Crippen LogP contribution >= 0.6 is 0 Å². The van der Waals surface area contributed by atoms with Gasteiger partial charge in [0.2, 0.25) is 0 Å². The Morgan fingerprint density at radius 2 is 1.76 bits per heavy atom. The van der Waals surface area contributed by atoms with Crippen LogP contribution < -0.4 is 10.6 Å². The molecule has 0 fully saturated rings. The molecule has 0 rings (SSSR count). The summed E-state index contributed by atoms with van der Waals surface area (Å²) in [7, 11) is 4.88. The number of carbonyl (C=O) groups excluding carboxylic acids is 1. The molecule has 2 N–H and O–H groups in total. The molecule has 0 saturated heterocycles. The zero-order chi connectivity index (χ0) is 16.1. The first-order valence-corrected chi connectivity index (χ1v) is 7.51. The van der Waals surface area contributed by atoms with Crippen molar-refractivity contribution in [2.24, 2.45) is 4.99 Å². The molecule has 6 heteroatoms. The van der Waals surface area contributed by atoms with Gasteiger partial charge >= 0.3 is 5.97 Å². The van der Waals surface area contributed by atoms with Crippen molar-refractivity contribution < 1.29 is 14.3 Å². The maximum absolute atomic E-state index is 10.9. The third-order valence-electron chi connectivity index (χ3n) is 3.29. The summed E-state index contributed by atoms with van der Waals surface area (Å²) >= 11 is 0. The third kappa shape index (κ3) is 11.1. The normalized spacial score (nSPS) is 12.1. The number of carbonyl (C=O) groups is 1. The molecule has 0 atom stereocenters. The van der Waals surface area contributed by atoms with Gasteiger partial charge in [-0.05, 0) is 26.7 Å². The van der Waals surface area contributed by atoms with Gasteiger partial charge in [0.25, 0.3) is 0 Å². The maximum Gasteiger partial charge on any atom is 0.305 e. The second kappa shape index (κ2) is 11.4. The molecule has 0 aliphatic carbocycles.